The van der Waals surface area contributed by atoms with Crippen molar-refractivity contribution in [2.75, 3.05) is 14.2 Å². The molecule has 4 aromatic heterocycles. The molecular weight excluding hydrogens is 933 g/mol. The maximum atomic E-state index is 12.9. The van der Waals surface area contributed by atoms with E-state index < -0.39 is 35.7 Å². The van der Waals surface area contributed by atoms with E-state index in [-0.39, 0.29) is 85.6 Å². The molecule has 0 aliphatic heterocycles. The molecule has 4 heterocycles. The molecule has 24 heteroatoms. The number of nitrogens with zero attached hydrogens (tertiary/aromatic N) is 4. The summed E-state index contributed by atoms with van der Waals surface area (Å²) < 4.78 is 120. The molecule has 0 atom stereocenters. The van der Waals surface area contributed by atoms with Gasteiger partial charge in [0.15, 0.2) is 35.0 Å². The SMILES string of the molecule is COCc1nc(C2CCC(C(F)(F)F)CC2)oc1COc1ccc(-c2noc(=O)[nH]2)c(Cl)c1.COCc1nc(C2CCC(C(F)(F)F)CC2)oc1COc1ccc(-c2noc(=O)[nH]2)c(Cl)c1. The van der Waals surface area contributed by atoms with E-state index in [1.807, 2.05) is 0 Å². The normalized spacial score (nSPS) is 19.1. The Hall–Kier alpha value is -5.58. The molecule has 16 nitrogen and oxygen atoms in total. The van der Waals surface area contributed by atoms with Crippen molar-refractivity contribution in [1.82, 2.24) is 30.2 Å². The van der Waals surface area contributed by atoms with Crippen molar-refractivity contribution >= 4 is 23.2 Å². The number of ether oxygens (including phenoxy) is 4. The Bertz CT molecular complexity index is 2480. The molecule has 2 aliphatic carbocycles. The van der Waals surface area contributed by atoms with Crippen molar-refractivity contribution in [3.63, 3.8) is 0 Å². The van der Waals surface area contributed by atoms with Gasteiger partial charge in [0.2, 0.25) is 0 Å². The van der Waals surface area contributed by atoms with E-state index in [1.165, 1.54) is 14.2 Å². The second-order valence-corrected chi connectivity index (χ2v) is 16.5. The lowest BCUT2D eigenvalue weighted by atomic mass is 9.81. The summed E-state index contributed by atoms with van der Waals surface area (Å²) in [5, 5.41) is 7.77. The summed E-state index contributed by atoms with van der Waals surface area (Å²) >= 11 is 12.5. The molecule has 66 heavy (non-hydrogen) atoms. The summed E-state index contributed by atoms with van der Waals surface area (Å²) in [5.74, 6) is -1.34. The molecule has 6 aromatic rings. The number of benzene rings is 2. The van der Waals surface area contributed by atoms with Gasteiger partial charge in [0, 0.05) is 37.2 Å². The minimum Gasteiger partial charge on any atom is -0.486 e. The van der Waals surface area contributed by atoms with E-state index >= 15 is 0 Å². The smallest absolute Gasteiger partial charge is 0.439 e. The molecule has 8 rings (SSSR count). The number of hydrogen-bond donors (Lipinski definition) is 2. The maximum absolute atomic E-state index is 12.9. The van der Waals surface area contributed by atoms with Gasteiger partial charge in [-0.3, -0.25) is 19.0 Å². The number of aromatic amines is 2. The van der Waals surface area contributed by atoms with Crippen LogP contribution in [0.15, 0.2) is 63.9 Å². The Morgan fingerprint density at radius 3 is 1.29 bits per heavy atom. The number of aromatic nitrogens is 6. The van der Waals surface area contributed by atoms with Crippen LogP contribution in [0.5, 0.6) is 11.5 Å². The number of methoxy groups -OCH3 is 2. The lowest BCUT2D eigenvalue weighted by Crippen LogP contribution is -2.27. The molecule has 0 unspecified atom stereocenters. The summed E-state index contributed by atoms with van der Waals surface area (Å²) in [7, 11) is 3.03. The minimum atomic E-state index is -4.17. The van der Waals surface area contributed by atoms with E-state index in [1.54, 1.807) is 36.4 Å². The largest absolute Gasteiger partial charge is 0.486 e. The summed E-state index contributed by atoms with van der Waals surface area (Å²) in [4.78, 5) is 36.0. The summed E-state index contributed by atoms with van der Waals surface area (Å²) in [6, 6.07) is 9.61. The van der Waals surface area contributed by atoms with Crippen molar-refractivity contribution in [2.24, 2.45) is 11.8 Å². The zero-order chi connectivity index (χ0) is 47.2. The van der Waals surface area contributed by atoms with Crippen LogP contribution in [0.2, 0.25) is 10.0 Å². The van der Waals surface area contributed by atoms with Crippen LogP contribution in [0.1, 0.15) is 97.9 Å². The first kappa shape index (κ1) is 48.4. The van der Waals surface area contributed by atoms with Crippen LogP contribution in [-0.2, 0) is 35.9 Å². The molecule has 2 fully saturated rings. The number of alkyl halides is 6. The number of oxazole rings is 2. The van der Waals surface area contributed by atoms with Crippen molar-refractivity contribution in [3.05, 3.63) is 102 Å². The number of H-pyrrole nitrogens is 2. The number of hydrogen-bond acceptors (Lipinski definition) is 14. The van der Waals surface area contributed by atoms with Crippen LogP contribution in [0.25, 0.3) is 22.8 Å². The maximum Gasteiger partial charge on any atom is 0.439 e. The molecule has 0 amide bonds. The van der Waals surface area contributed by atoms with Crippen molar-refractivity contribution in [1.29, 1.82) is 0 Å². The fraction of sp³-hybridized carbons (Fsp3) is 0.476. The van der Waals surface area contributed by atoms with E-state index in [2.05, 4.69) is 39.3 Å². The highest BCUT2D eigenvalue weighted by Gasteiger charge is 2.43. The summed E-state index contributed by atoms with van der Waals surface area (Å²) in [5.41, 5.74) is 2.00. The fourth-order valence-electron chi connectivity index (χ4n) is 7.76. The first-order valence-corrected chi connectivity index (χ1v) is 21.3. The molecule has 2 aromatic carbocycles. The second kappa shape index (κ2) is 20.9. The first-order chi connectivity index (χ1) is 31.5. The fourth-order valence-corrected chi connectivity index (χ4v) is 8.28. The molecule has 356 valence electrons. The van der Waals surface area contributed by atoms with Crippen molar-refractivity contribution in [2.45, 2.75) is 102 Å². The molecule has 2 aliphatic rings. The average molecular weight is 976 g/mol. The van der Waals surface area contributed by atoms with Crippen LogP contribution in [0.4, 0.5) is 26.3 Å². The molecule has 0 radical (unpaired) electrons. The van der Waals surface area contributed by atoms with Gasteiger partial charge in [-0.25, -0.2) is 19.6 Å². The van der Waals surface area contributed by atoms with E-state index in [4.69, 9.17) is 51.0 Å². The van der Waals surface area contributed by atoms with E-state index in [0.29, 0.717) is 83.0 Å². The highest BCUT2D eigenvalue weighted by molar-refractivity contribution is 6.33. The Kier molecular flexibility index (Phi) is 15.3. The topological polar surface area (TPSA) is 207 Å². The minimum absolute atomic E-state index is 0.0278. The van der Waals surface area contributed by atoms with Crippen molar-refractivity contribution < 1.29 is 63.2 Å². The standard InChI is InChI=1S/2C21H21ClF3N3O5/c2*1-30-9-16-17(32-19(26-16)11-2-4-12(5-3-11)21(23,24)25)10-31-13-6-7-14(15(22)8-13)18-27-20(29)33-28-18/h2*6-8,11-12H,2-5,9-10H2,1H3,(H,27,28,29). The molecule has 0 spiro atoms. The quantitative estimate of drug-likeness (QED) is 0.0974. The van der Waals surface area contributed by atoms with Gasteiger partial charge in [-0.05, 0) is 87.8 Å². The Morgan fingerprint density at radius 2 is 0.985 bits per heavy atom. The van der Waals surface area contributed by atoms with E-state index in [0.717, 1.165) is 0 Å². The van der Waals surface area contributed by atoms with Crippen LogP contribution in [-0.4, -0.2) is 56.8 Å². The number of rotatable bonds is 14. The molecule has 0 bridgehead atoms. The van der Waals surface area contributed by atoms with Gasteiger partial charge in [0.1, 0.15) is 36.1 Å². The molecule has 2 N–H and O–H groups in total. The van der Waals surface area contributed by atoms with Gasteiger partial charge < -0.3 is 27.8 Å². The number of nitrogens with one attached hydrogen (secondary N) is 2. The summed E-state index contributed by atoms with van der Waals surface area (Å²) in [6.07, 6.45) is -6.65. The predicted molar refractivity (Wildman–Crippen MR) is 220 cm³/mol. The molecular formula is C42H42Cl2F6N6O10. The Labute approximate surface area is 380 Å². The lowest BCUT2D eigenvalue weighted by molar-refractivity contribution is -0.183. The third-order valence-corrected chi connectivity index (χ3v) is 11.9. The van der Waals surface area contributed by atoms with E-state index in [9.17, 15) is 35.9 Å². The highest BCUT2D eigenvalue weighted by Crippen LogP contribution is 2.44. The van der Waals surface area contributed by atoms with Gasteiger partial charge in [0.05, 0.1) is 35.1 Å². The Balaban J connectivity index is 0.000000196. The first-order valence-electron chi connectivity index (χ1n) is 20.5. The second-order valence-electron chi connectivity index (χ2n) is 15.6. The van der Waals surface area contributed by atoms with Gasteiger partial charge in [-0.2, -0.15) is 26.3 Å². The Morgan fingerprint density at radius 1 is 0.606 bits per heavy atom. The third-order valence-electron chi connectivity index (χ3n) is 11.2. The molecule has 0 saturated heterocycles. The van der Waals surface area contributed by atoms with Crippen LogP contribution >= 0.6 is 23.2 Å². The van der Waals surface area contributed by atoms with Gasteiger partial charge in [-0.1, -0.05) is 33.5 Å². The molecule has 2 saturated carbocycles. The average Bonchev–Trinajstić information content (AvgIpc) is 4.10. The third kappa shape index (κ3) is 12.1. The number of halogens is 8. The van der Waals surface area contributed by atoms with Gasteiger partial charge in [-0.15, -0.1) is 0 Å². The zero-order valence-corrected chi connectivity index (χ0v) is 36.7. The lowest BCUT2D eigenvalue weighted by Gasteiger charge is -2.28. The highest BCUT2D eigenvalue weighted by atomic mass is 35.5. The predicted octanol–water partition coefficient (Wildman–Crippen LogP) is 10.5. The summed E-state index contributed by atoms with van der Waals surface area (Å²) in [6.45, 7) is 0.415. The zero-order valence-electron chi connectivity index (χ0n) is 35.2. The van der Waals surface area contributed by atoms with Crippen molar-refractivity contribution in [3.8, 4) is 34.3 Å². The van der Waals surface area contributed by atoms with Gasteiger partial charge >= 0.3 is 23.9 Å². The monoisotopic (exact) mass is 974 g/mol. The van der Waals surface area contributed by atoms with Crippen LogP contribution in [0, 0.1) is 11.8 Å². The van der Waals surface area contributed by atoms with Crippen LogP contribution in [0.3, 0.4) is 0 Å². The van der Waals surface area contributed by atoms with Crippen LogP contribution < -0.4 is 21.0 Å². The van der Waals surface area contributed by atoms with Gasteiger partial charge in [0.25, 0.3) is 0 Å².